The number of rotatable bonds is 4. The first-order valence-electron chi connectivity index (χ1n) is 6.49. The molecule has 0 amide bonds. The number of hydrogen-bond donors (Lipinski definition) is 2. The topological polar surface area (TPSA) is 133 Å². The summed E-state index contributed by atoms with van der Waals surface area (Å²) in [7, 11) is 0. The van der Waals surface area contributed by atoms with Crippen LogP contribution in [-0.2, 0) is 4.74 Å². The summed E-state index contributed by atoms with van der Waals surface area (Å²) < 4.78 is 5.09. The Morgan fingerprint density at radius 1 is 1.32 bits per heavy atom. The number of esters is 1. The number of Topliss-reactive ketones (excluding diaryl/α,β-unsaturated/α-hetero) is 1. The number of nitrogens with zero attached hydrogens (tertiary/aromatic N) is 1. The van der Waals surface area contributed by atoms with Gasteiger partial charge in [-0.2, -0.15) is 0 Å². The van der Waals surface area contributed by atoms with E-state index < -0.39 is 50.9 Å². The number of nitrogens with two attached hydrogens (primary N) is 1. The van der Waals surface area contributed by atoms with Crippen molar-refractivity contribution in [3.05, 3.63) is 33.4 Å². The standard InChI is InChI=1S/C14H18N2O6/c1-7(15)12(18)11-9(17)6-5-8(16(20)21)10(11)13(19)22-14(2,3)4/h5-7,17H,15H2,1-4H3/t7-/m0/s1. The molecule has 3 N–H and O–H groups in total. The van der Waals surface area contributed by atoms with Crippen LogP contribution in [0.15, 0.2) is 12.1 Å². The van der Waals surface area contributed by atoms with Crippen LogP contribution in [0.2, 0.25) is 0 Å². The van der Waals surface area contributed by atoms with E-state index in [1.165, 1.54) is 6.92 Å². The van der Waals surface area contributed by atoms with Crippen molar-refractivity contribution in [3.63, 3.8) is 0 Å². The van der Waals surface area contributed by atoms with Gasteiger partial charge in [-0.15, -0.1) is 0 Å². The highest BCUT2D eigenvalue weighted by Gasteiger charge is 2.34. The number of benzene rings is 1. The predicted molar refractivity (Wildman–Crippen MR) is 77.9 cm³/mol. The summed E-state index contributed by atoms with van der Waals surface area (Å²) in [6, 6.07) is 0.864. The highest BCUT2D eigenvalue weighted by molar-refractivity contribution is 6.12. The third-order valence-electron chi connectivity index (χ3n) is 2.62. The fourth-order valence-corrected chi connectivity index (χ4v) is 1.75. The molecule has 0 bridgehead atoms. The molecule has 0 heterocycles. The van der Waals surface area contributed by atoms with Crippen LogP contribution in [0.5, 0.6) is 5.75 Å². The summed E-state index contributed by atoms with van der Waals surface area (Å²) in [4.78, 5) is 34.7. The van der Waals surface area contributed by atoms with Crippen molar-refractivity contribution in [1.29, 1.82) is 0 Å². The number of aromatic hydroxyl groups is 1. The number of ketones is 1. The van der Waals surface area contributed by atoms with E-state index in [9.17, 15) is 24.8 Å². The molecule has 0 aliphatic heterocycles. The second kappa shape index (κ2) is 6.10. The van der Waals surface area contributed by atoms with Crippen molar-refractivity contribution in [2.24, 2.45) is 5.73 Å². The van der Waals surface area contributed by atoms with Crippen molar-refractivity contribution in [3.8, 4) is 5.75 Å². The Morgan fingerprint density at radius 3 is 2.27 bits per heavy atom. The summed E-state index contributed by atoms with van der Waals surface area (Å²) in [6.07, 6.45) is 0. The number of phenolic OH excluding ortho intramolecular Hbond substituents is 1. The van der Waals surface area contributed by atoms with Crippen molar-refractivity contribution >= 4 is 17.4 Å². The SMILES string of the molecule is C[C@H](N)C(=O)c1c(O)ccc([N+](=O)[O-])c1C(=O)OC(C)(C)C. The van der Waals surface area contributed by atoms with Gasteiger partial charge in [0.2, 0.25) is 0 Å². The van der Waals surface area contributed by atoms with Crippen LogP contribution < -0.4 is 5.73 Å². The lowest BCUT2D eigenvalue weighted by molar-refractivity contribution is -0.385. The normalized spacial score (nSPS) is 12.6. The average molecular weight is 310 g/mol. The lowest BCUT2D eigenvalue weighted by Crippen LogP contribution is -2.30. The highest BCUT2D eigenvalue weighted by Crippen LogP contribution is 2.32. The Hall–Kier alpha value is -2.48. The molecule has 8 nitrogen and oxygen atoms in total. The first kappa shape index (κ1) is 17.6. The number of nitro groups is 1. The number of carbonyl (C=O) groups is 2. The maximum Gasteiger partial charge on any atom is 0.346 e. The van der Waals surface area contributed by atoms with Gasteiger partial charge in [-0.05, 0) is 33.8 Å². The van der Waals surface area contributed by atoms with Crippen LogP contribution in [0, 0.1) is 10.1 Å². The molecular weight excluding hydrogens is 292 g/mol. The molecule has 0 saturated heterocycles. The lowest BCUT2D eigenvalue weighted by Gasteiger charge is -2.20. The van der Waals surface area contributed by atoms with Crippen LogP contribution in [0.3, 0.4) is 0 Å². The summed E-state index contributed by atoms with van der Waals surface area (Å²) in [5.41, 5.74) is 2.83. The van der Waals surface area contributed by atoms with Gasteiger partial charge < -0.3 is 15.6 Å². The van der Waals surface area contributed by atoms with Gasteiger partial charge in [0, 0.05) is 6.07 Å². The molecule has 0 aliphatic rings. The van der Waals surface area contributed by atoms with Crippen molar-refractivity contribution in [2.45, 2.75) is 39.3 Å². The fraction of sp³-hybridized carbons (Fsp3) is 0.429. The van der Waals surface area contributed by atoms with E-state index in [1.54, 1.807) is 20.8 Å². The van der Waals surface area contributed by atoms with E-state index in [0.717, 1.165) is 12.1 Å². The zero-order valence-electron chi connectivity index (χ0n) is 12.7. The smallest absolute Gasteiger partial charge is 0.346 e. The third-order valence-corrected chi connectivity index (χ3v) is 2.62. The van der Waals surface area contributed by atoms with Crippen molar-refractivity contribution in [1.82, 2.24) is 0 Å². The van der Waals surface area contributed by atoms with Crippen molar-refractivity contribution in [2.75, 3.05) is 0 Å². The van der Waals surface area contributed by atoms with E-state index in [-0.39, 0.29) is 0 Å². The Morgan fingerprint density at radius 2 is 1.86 bits per heavy atom. The first-order chi connectivity index (χ1) is 9.95. The van der Waals surface area contributed by atoms with Gasteiger partial charge >= 0.3 is 5.97 Å². The zero-order chi connectivity index (χ0) is 17.2. The zero-order valence-corrected chi connectivity index (χ0v) is 12.7. The molecule has 22 heavy (non-hydrogen) atoms. The second-order valence-electron chi connectivity index (χ2n) is 5.77. The molecule has 1 aromatic carbocycles. The molecule has 8 heteroatoms. The summed E-state index contributed by atoms with van der Waals surface area (Å²) in [5, 5.41) is 21.0. The number of hydrogen-bond acceptors (Lipinski definition) is 7. The first-order valence-corrected chi connectivity index (χ1v) is 6.49. The van der Waals surface area contributed by atoms with Crippen LogP contribution in [0.1, 0.15) is 48.4 Å². The number of carbonyl (C=O) groups excluding carboxylic acids is 2. The molecule has 0 radical (unpaired) electrons. The Kier molecular flexibility index (Phi) is 4.87. The van der Waals surface area contributed by atoms with Gasteiger partial charge in [0.1, 0.15) is 11.4 Å². The number of nitro benzene ring substituents is 1. The molecule has 0 spiro atoms. The monoisotopic (exact) mass is 310 g/mol. The minimum atomic E-state index is -1.07. The van der Waals surface area contributed by atoms with Crippen molar-refractivity contribution < 1.29 is 24.4 Å². The quantitative estimate of drug-likeness (QED) is 0.375. The van der Waals surface area contributed by atoms with Gasteiger partial charge in [-0.1, -0.05) is 0 Å². The molecule has 0 aliphatic carbocycles. The Balaban J connectivity index is 3.62. The third kappa shape index (κ3) is 3.79. The van der Waals surface area contributed by atoms with E-state index in [1.807, 2.05) is 0 Å². The summed E-state index contributed by atoms with van der Waals surface area (Å²) >= 11 is 0. The molecule has 0 fully saturated rings. The maximum atomic E-state index is 12.3. The van der Waals surface area contributed by atoms with Gasteiger partial charge in [-0.3, -0.25) is 14.9 Å². The van der Waals surface area contributed by atoms with Gasteiger partial charge in [-0.25, -0.2) is 4.79 Å². The second-order valence-corrected chi connectivity index (χ2v) is 5.77. The molecule has 0 unspecified atom stereocenters. The molecule has 1 rings (SSSR count). The Bertz CT molecular complexity index is 631. The van der Waals surface area contributed by atoms with E-state index >= 15 is 0 Å². The van der Waals surface area contributed by atoms with Gasteiger partial charge in [0.15, 0.2) is 11.3 Å². The fourth-order valence-electron chi connectivity index (χ4n) is 1.75. The van der Waals surface area contributed by atoms with Crippen LogP contribution in [0.25, 0.3) is 0 Å². The van der Waals surface area contributed by atoms with E-state index in [4.69, 9.17) is 10.5 Å². The molecule has 1 atom stereocenters. The maximum absolute atomic E-state index is 12.3. The number of ether oxygens (including phenoxy) is 1. The van der Waals surface area contributed by atoms with Crippen LogP contribution >= 0.6 is 0 Å². The summed E-state index contributed by atoms with van der Waals surface area (Å²) in [6.45, 7) is 6.07. The number of phenols is 1. The van der Waals surface area contributed by atoms with Crippen LogP contribution in [-0.4, -0.2) is 33.4 Å². The minimum Gasteiger partial charge on any atom is -0.507 e. The summed E-state index contributed by atoms with van der Waals surface area (Å²) in [5.74, 6) is -2.42. The van der Waals surface area contributed by atoms with Gasteiger partial charge in [0.25, 0.3) is 5.69 Å². The van der Waals surface area contributed by atoms with E-state index in [0.29, 0.717) is 0 Å². The highest BCUT2D eigenvalue weighted by atomic mass is 16.6. The molecule has 0 aromatic heterocycles. The lowest BCUT2D eigenvalue weighted by atomic mass is 9.97. The van der Waals surface area contributed by atoms with E-state index in [2.05, 4.69) is 0 Å². The Labute approximate surface area is 127 Å². The molecule has 1 aromatic rings. The molecule has 120 valence electrons. The average Bonchev–Trinajstić information content (AvgIpc) is 2.34. The largest absolute Gasteiger partial charge is 0.507 e. The van der Waals surface area contributed by atoms with Crippen LogP contribution in [0.4, 0.5) is 5.69 Å². The van der Waals surface area contributed by atoms with Gasteiger partial charge in [0.05, 0.1) is 16.5 Å². The molecule has 0 saturated carbocycles. The molecular formula is C14H18N2O6. The predicted octanol–water partition coefficient (Wildman–Crippen LogP) is 1.79. The minimum absolute atomic E-state index is 0.501.